The van der Waals surface area contributed by atoms with Gasteiger partial charge >= 0.3 is 0 Å². The fourth-order valence-corrected chi connectivity index (χ4v) is 4.27. The van der Waals surface area contributed by atoms with Gasteiger partial charge in [-0.25, -0.2) is 13.1 Å². The van der Waals surface area contributed by atoms with Crippen LogP contribution in [0.1, 0.15) is 50.8 Å². The van der Waals surface area contributed by atoms with Crippen LogP contribution in [-0.2, 0) is 16.6 Å². The van der Waals surface area contributed by atoms with Crippen molar-refractivity contribution in [3.8, 4) is 0 Å². The molecule has 19 heavy (non-hydrogen) atoms. The van der Waals surface area contributed by atoms with Gasteiger partial charge in [-0.05, 0) is 19.4 Å². The first-order chi connectivity index (χ1) is 8.99. The molecule has 110 valence electrons. The Morgan fingerprint density at radius 3 is 2.68 bits per heavy atom. The van der Waals surface area contributed by atoms with Crippen molar-refractivity contribution in [1.82, 2.24) is 4.72 Å². The number of aliphatic hydroxyl groups excluding tert-OH is 1. The Morgan fingerprint density at radius 1 is 1.37 bits per heavy atom. The largest absolute Gasteiger partial charge is 0.391 e. The van der Waals surface area contributed by atoms with Crippen LogP contribution in [0.3, 0.4) is 0 Å². The van der Waals surface area contributed by atoms with Gasteiger partial charge in [0.25, 0.3) is 0 Å². The van der Waals surface area contributed by atoms with Crippen LogP contribution in [0.5, 0.6) is 0 Å². The summed E-state index contributed by atoms with van der Waals surface area (Å²) in [5.74, 6) is 0. The van der Waals surface area contributed by atoms with Crippen molar-refractivity contribution in [1.29, 1.82) is 0 Å². The second-order valence-corrected chi connectivity index (χ2v) is 7.49. The Morgan fingerprint density at radius 2 is 2.11 bits per heavy atom. The Kier molecular flexibility index (Phi) is 6.99. The highest BCUT2D eigenvalue weighted by molar-refractivity contribution is 7.89. The molecule has 4 nitrogen and oxygen atoms in total. The molecule has 0 aromatic carbocycles. The van der Waals surface area contributed by atoms with Crippen LogP contribution >= 0.6 is 11.3 Å². The highest BCUT2D eigenvalue weighted by Gasteiger charge is 2.18. The highest BCUT2D eigenvalue weighted by atomic mass is 32.2. The van der Waals surface area contributed by atoms with Crippen LogP contribution in [0.25, 0.3) is 0 Å². The number of sulfonamides is 1. The molecule has 0 radical (unpaired) electrons. The van der Waals surface area contributed by atoms with Crippen molar-refractivity contribution < 1.29 is 13.5 Å². The molecule has 0 aliphatic heterocycles. The topological polar surface area (TPSA) is 66.4 Å². The predicted molar refractivity (Wildman–Crippen MR) is 78.8 cm³/mol. The van der Waals surface area contributed by atoms with E-state index in [4.69, 9.17) is 5.11 Å². The molecular formula is C13H23NO3S2. The van der Waals surface area contributed by atoms with E-state index in [0.717, 1.165) is 19.3 Å². The van der Waals surface area contributed by atoms with Crippen LogP contribution in [-0.4, -0.2) is 19.6 Å². The molecule has 1 rings (SSSR count). The molecule has 1 unspecified atom stereocenters. The SMILES string of the molecule is CCCCCCC(C)NS(=O)(=O)c1csc(CO)c1. The third-order valence-corrected chi connectivity index (χ3v) is 5.58. The normalized spacial score (nSPS) is 13.6. The quantitative estimate of drug-likeness (QED) is 0.689. The Bertz CT molecular complexity index is 468. The summed E-state index contributed by atoms with van der Waals surface area (Å²) in [4.78, 5) is 0.915. The smallest absolute Gasteiger partial charge is 0.241 e. The van der Waals surface area contributed by atoms with E-state index >= 15 is 0 Å². The molecule has 1 atom stereocenters. The van der Waals surface area contributed by atoms with Gasteiger partial charge in [-0.1, -0.05) is 32.6 Å². The minimum Gasteiger partial charge on any atom is -0.391 e. The van der Waals surface area contributed by atoms with E-state index in [1.54, 1.807) is 5.38 Å². The molecule has 1 aromatic rings. The first-order valence-electron chi connectivity index (χ1n) is 6.70. The maximum atomic E-state index is 12.1. The fourth-order valence-electron chi connectivity index (χ4n) is 1.85. The van der Waals surface area contributed by atoms with Gasteiger partial charge in [-0.15, -0.1) is 11.3 Å². The lowest BCUT2D eigenvalue weighted by molar-refractivity contribution is 0.285. The molecule has 1 aromatic heterocycles. The number of hydrogen-bond acceptors (Lipinski definition) is 4. The average molecular weight is 305 g/mol. The number of unbranched alkanes of at least 4 members (excludes halogenated alkanes) is 3. The molecule has 0 saturated heterocycles. The summed E-state index contributed by atoms with van der Waals surface area (Å²) < 4.78 is 26.8. The van der Waals surface area contributed by atoms with Crippen LogP contribution < -0.4 is 4.72 Å². The van der Waals surface area contributed by atoms with Crippen LogP contribution in [0.2, 0.25) is 0 Å². The second kappa shape index (κ2) is 7.99. The third kappa shape index (κ3) is 5.60. The van der Waals surface area contributed by atoms with Gasteiger partial charge in [-0.2, -0.15) is 0 Å². The molecule has 0 amide bonds. The van der Waals surface area contributed by atoms with E-state index in [1.807, 2.05) is 6.92 Å². The zero-order valence-corrected chi connectivity index (χ0v) is 13.2. The number of thiophene rings is 1. The number of aliphatic hydroxyl groups is 1. The molecule has 1 heterocycles. The lowest BCUT2D eigenvalue weighted by atomic mass is 10.1. The Labute approximate surface area is 119 Å². The average Bonchev–Trinajstić information content (AvgIpc) is 2.83. The van der Waals surface area contributed by atoms with Gasteiger partial charge < -0.3 is 5.11 Å². The molecule has 0 spiro atoms. The zero-order valence-electron chi connectivity index (χ0n) is 11.6. The molecule has 0 fully saturated rings. The van der Waals surface area contributed by atoms with E-state index in [-0.39, 0.29) is 17.5 Å². The summed E-state index contributed by atoms with van der Waals surface area (Å²) in [5, 5.41) is 10.5. The van der Waals surface area contributed by atoms with Gasteiger partial charge in [0.2, 0.25) is 10.0 Å². The van der Waals surface area contributed by atoms with Crippen molar-refractivity contribution >= 4 is 21.4 Å². The summed E-state index contributed by atoms with van der Waals surface area (Å²) in [7, 11) is -3.44. The molecule has 0 aliphatic carbocycles. The van der Waals surface area contributed by atoms with E-state index < -0.39 is 10.0 Å². The van der Waals surface area contributed by atoms with Crippen LogP contribution in [0.4, 0.5) is 0 Å². The van der Waals surface area contributed by atoms with Gasteiger partial charge in [0.1, 0.15) is 0 Å². The van der Waals surface area contributed by atoms with Crippen molar-refractivity contribution in [2.45, 2.75) is 63.5 Å². The summed E-state index contributed by atoms with van der Waals surface area (Å²) in [6, 6.07) is 1.47. The molecule has 0 bridgehead atoms. The van der Waals surface area contributed by atoms with Crippen LogP contribution in [0, 0.1) is 0 Å². The van der Waals surface area contributed by atoms with Crippen molar-refractivity contribution in [2.75, 3.05) is 0 Å². The van der Waals surface area contributed by atoms with Crippen molar-refractivity contribution in [3.05, 3.63) is 16.3 Å². The molecule has 0 aliphatic rings. The maximum absolute atomic E-state index is 12.1. The minimum atomic E-state index is -3.44. The summed E-state index contributed by atoms with van der Waals surface area (Å²) >= 11 is 1.26. The standard InChI is InChI=1S/C13H23NO3S2/c1-3-4-5-6-7-11(2)14-19(16,17)13-8-12(9-15)18-10-13/h8,10-11,14-15H,3-7,9H2,1-2H3. The van der Waals surface area contributed by atoms with Gasteiger partial charge in [0, 0.05) is 16.3 Å². The van der Waals surface area contributed by atoms with Gasteiger partial charge in [0.05, 0.1) is 11.5 Å². The van der Waals surface area contributed by atoms with E-state index in [1.165, 1.54) is 30.2 Å². The van der Waals surface area contributed by atoms with E-state index in [0.29, 0.717) is 4.88 Å². The summed E-state index contributed by atoms with van der Waals surface area (Å²) in [6.45, 7) is 3.93. The summed E-state index contributed by atoms with van der Waals surface area (Å²) in [5.41, 5.74) is 0. The molecule has 2 N–H and O–H groups in total. The minimum absolute atomic E-state index is 0.0562. The lowest BCUT2D eigenvalue weighted by Gasteiger charge is -2.13. The fraction of sp³-hybridized carbons (Fsp3) is 0.692. The second-order valence-electron chi connectivity index (χ2n) is 4.78. The molecule has 0 saturated carbocycles. The number of hydrogen-bond donors (Lipinski definition) is 2. The lowest BCUT2D eigenvalue weighted by Crippen LogP contribution is -2.32. The molecule has 6 heteroatoms. The first-order valence-corrected chi connectivity index (χ1v) is 9.06. The van der Waals surface area contributed by atoms with Crippen molar-refractivity contribution in [3.63, 3.8) is 0 Å². The van der Waals surface area contributed by atoms with Gasteiger partial charge in [-0.3, -0.25) is 0 Å². The Hall–Kier alpha value is -0.430. The highest BCUT2D eigenvalue weighted by Crippen LogP contribution is 2.19. The number of nitrogens with one attached hydrogen (secondary N) is 1. The number of rotatable bonds is 9. The predicted octanol–water partition coefficient (Wildman–Crippen LogP) is 2.88. The van der Waals surface area contributed by atoms with E-state index in [2.05, 4.69) is 11.6 Å². The Balaban J connectivity index is 2.49. The van der Waals surface area contributed by atoms with E-state index in [9.17, 15) is 8.42 Å². The van der Waals surface area contributed by atoms with Crippen LogP contribution in [0.15, 0.2) is 16.3 Å². The zero-order chi connectivity index (χ0) is 14.3. The first kappa shape index (κ1) is 16.6. The molecular weight excluding hydrogens is 282 g/mol. The van der Waals surface area contributed by atoms with Gasteiger partial charge in [0.15, 0.2) is 0 Å². The third-order valence-electron chi connectivity index (χ3n) is 2.94. The van der Waals surface area contributed by atoms with Crippen molar-refractivity contribution in [2.24, 2.45) is 0 Å². The maximum Gasteiger partial charge on any atom is 0.241 e. The summed E-state index contributed by atoms with van der Waals surface area (Å²) in [6.07, 6.45) is 5.43. The monoisotopic (exact) mass is 305 g/mol.